The second-order valence-electron chi connectivity index (χ2n) is 5.89. The maximum absolute atomic E-state index is 12.9. The minimum atomic E-state index is -0.146. The van der Waals surface area contributed by atoms with Crippen molar-refractivity contribution in [3.05, 3.63) is 78.0 Å². The van der Waals surface area contributed by atoms with Gasteiger partial charge in [0.1, 0.15) is 17.8 Å². The Morgan fingerprint density at radius 3 is 2.65 bits per heavy atom. The molecular weight excluding hydrogens is 326 g/mol. The number of hydrogen-bond donors (Lipinski definition) is 1. The minimum Gasteiger partial charge on any atom is -0.366 e. The summed E-state index contributed by atoms with van der Waals surface area (Å²) in [4.78, 5) is 27.0. The summed E-state index contributed by atoms with van der Waals surface area (Å²) in [7, 11) is 0. The predicted octanol–water partition coefficient (Wildman–Crippen LogP) is 3.46. The number of anilines is 2. The zero-order valence-electron chi connectivity index (χ0n) is 14.9. The summed E-state index contributed by atoms with van der Waals surface area (Å²) < 4.78 is 0. The summed E-state index contributed by atoms with van der Waals surface area (Å²) in [5.41, 5.74) is 3.42. The average Bonchev–Trinajstić information content (AvgIpc) is 2.68. The fourth-order valence-corrected chi connectivity index (χ4v) is 2.64. The number of aryl methyl sites for hydroxylation is 1. The molecule has 1 aromatic carbocycles. The van der Waals surface area contributed by atoms with E-state index in [1.54, 1.807) is 23.4 Å². The Morgan fingerprint density at radius 1 is 1.12 bits per heavy atom. The number of amides is 1. The Labute approximate surface area is 153 Å². The maximum Gasteiger partial charge on any atom is 0.277 e. The molecule has 6 nitrogen and oxygen atoms in total. The summed E-state index contributed by atoms with van der Waals surface area (Å²) in [6.45, 7) is 5.12. The second-order valence-corrected chi connectivity index (χ2v) is 5.89. The van der Waals surface area contributed by atoms with Crippen LogP contribution in [0.2, 0.25) is 0 Å². The van der Waals surface area contributed by atoms with Crippen LogP contribution in [0.15, 0.2) is 61.2 Å². The van der Waals surface area contributed by atoms with Crippen molar-refractivity contribution in [2.24, 2.45) is 0 Å². The van der Waals surface area contributed by atoms with E-state index in [-0.39, 0.29) is 5.91 Å². The number of pyridine rings is 1. The van der Waals surface area contributed by atoms with Crippen LogP contribution in [0.1, 0.15) is 28.5 Å². The molecule has 0 aliphatic heterocycles. The lowest BCUT2D eigenvalue weighted by Crippen LogP contribution is -2.31. The SMILES string of the molecule is CCN(C(=O)c1cc(NCc2ccncc2)ncn1)c1cccc(C)c1. The number of aromatic nitrogens is 3. The number of nitrogens with one attached hydrogen (secondary N) is 1. The first-order chi connectivity index (χ1) is 12.7. The van der Waals surface area contributed by atoms with Crippen molar-refractivity contribution in [2.45, 2.75) is 20.4 Å². The van der Waals surface area contributed by atoms with Gasteiger partial charge >= 0.3 is 0 Å². The van der Waals surface area contributed by atoms with Gasteiger partial charge in [0.05, 0.1) is 0 Å². The van der Waals surface area contributed by atoms with E-state index in [9.17, 15) is 4.79 Å². The highest BCUT2D eigenvalue weighted by molar-refractivity contribution is 6.05. The topological polar surface area (TPSA) is 71.0 Å². The van der Waals surface area contributed by atoms with Gasteiger partial charge in [0, 0.05) is 37.2 Å². The van der Waals surface area contributed by atoms with Gasteiger partial charge in [-0.1, -0.05) is 12.1 Å². The average molecular weight is 347 g/mol. The van der Waals surface area contributed by atoms with E-state index >= 15 is 0 Å². The van der Waals surface area contributed by atoms with Crippen molar-refractivity contribution in [2.75, 3.05) is 16.8 Å². The lowest BCUT2D eigenvalue weighted by Gasteiger charge is -2.21. The van der Waals surface area contributed by atoms with Gasteiger partial charge < -0.3 is 10.2 Å². The van der Waals surface area contributed by atoms with E-state index in [1.807, 2.05) is 50.2 Å². The summed E-state index contributed by atoms with van der Waals surface area (Å²) >= 11 is 0. The molecule has 0 saturated carbocycles. The molecule has 0 spiro atoms. The summed E-state index contributed by atoms with van der Waals surface area (Å²) in [5, 5.41) is 3.21. The lowest BCUT2D eigenvalue weighted by atomic mass is 10.2. The smallest absolute Gasteiger partial charge is 0.277 e. The third-order valence-electron chi connectivity index (χ3n) is 3.98. The molecule has 6 heteroatoms. The highest BCUT2D eigenvalue weighted by Gasteiger charge is 2.18. The Bertz CT molecular complexity index is 882. The van der Waals surface area contributed by atoms with Crippen LogP contribution in [-0.4, -0.2) is 27.4 Å². The molecule has 3 rings (SSSR count). The van der Waals surface area contributed by atoms with E-state index in [1.165, 1.54) is 6.33 Å². The molecule has 0 bridgehead atoms. The number of carbonyl (C=O) groups excluding carboxylic acids is 1. The summed E-state index contributed by atoms with van der Waals surface area (Å²) in [6.07, 6.45) is 4.89. The minimum absolute atomic E-state index is 0.146. The zero-order chi connectivity index (χ0) is 18.4. The normalized spacial score (nSPS) is 10.4. The van der Waals surface area contributed by atoms with Gasteiger partial charge in [-0.3, -0.25) is 9.78 Å². The fourth-order valence-electron chi connectivity index (χ4n) is 2.64. The first-order valence-corrected chi connectivity index (χ1v) is 8.50. The predicted molar refractivity (Wildman–Crippen MR) is 102 cm³/mol. The second kappa shape index (κ2) is 8.20. The molecule has 2 aromatic heterocycles. The largest absolute Gasteiger partial charge is 0.366 e. The van der Waals surface area contributed by atoms with Crippen LogP contribution in [0.3, 0.4) is 0 Å². The summed E-state index contributed by atoms with van der Waals surface area (Å²) in [5.74, 6) is 0.466. The molecule has 0 fully saturated rings. The lowest BCUT2D eigenvalue weighted by molar-refractivity contribution is 0.0983. The van der Waals surface area contributed by atoms with Crippen molar-refractivity contribution in [3.63, 3.8) is 0 Å². The monoisotopic (exact) mass is 347 g/mol. The molecule has 0 atom stereocenters. The van der Waals surface area contributed by atoms with E-state index in [2.05, 4.69) is 20.3 Å². The molecular formula is C20H21N5O. The highest BCUT2D eigenvalue weighted by atomic mass is 16.2. The van der Waals surface area contributed by atoms with Crippen LogP contribution >= 0.6 is 0 Å². The molecule has 0 radical (unpaired) electrons. The fraction of sp³-hybridized carbons (Fsp3) is 0.200. The Balaban J connectivity index is 1.76. The van der Waals surface area contributed by atoms with E-state index in [0.29, 0.717) is 24.6 Å². The van der Waals surface area contributed by atoms with Gasteiger partial charge in [0.2, 0.25) is 0 Å². The first-order valence-electron chi connectivity index (χ1n) is 8.50. The van der Waals surface area contributed by atoms with Crippen LogP contribution in [0, 0.1) is 6.92 Å². The third kappa shape index (κ3) is 4.22. The van der Waals surface area contributed by atoms with Crippen LogP contribution in [0.5, 0.6) is 0 Å². The van der Waals surface area contributed by atoms with Gasteiger partial charge in [-0.15, -0.1) is 0 Å². The van der Waals surface area contributed by atoms with Crippen molar-refractivity contribution in [1.82, 2.24) is 15.0 Å². The van der Waals surface area contributed by atoms with Gasteiger partial charge in [0.15, 0.2) is 0 Å². The van der Waals surface area contributed by atoms with Crippen molar-refractivity contribution in [3.8, 4) is 0 Å². The molecule has 1 amide bonds. The molecule has 26 heavy (non-hydrogen) atoms. The van der Waals surface area contributed by atoms with E-state index in [4.69, 9.17) is 0 Å². The molecule has 1 N–H and O–H groups in total. The van der Waals surface area contributed by atoms with Crippen LogP contribution in [-0.2, 0) is 6.54 Å². The van der Waals surface area contributed by atoms with Gasteiger partial charge in [0.25, 0.3) is 5.91 Å². The van der Waals surface area contributed by atoms with Crippen molar-refractivity contribution in [1.29, 1.82) is 0 Å². The molecule has 0 aliphatic carbocycles. The highest BCUT2D eigenvalue weighted by Crippen LogP contribution is 2.18. The Kier molecular flexibility index (Phi) is 5.53. The van der Waals surface area contributed by atoms with Crippen LogP contribution in [0.25, 0.3) is 0 Å². The Morgan fingerprint density at radius 2 is 1.92 bits per heavy atom. The van der Waals surface area contributed by atoms with Crippen molar-refractivity contribution >= 4 is 17.4 Å². The van der Waals surface area contributed by atoms with E-state index in [0.717, 1.165) is 16.8 Å². The number of carbonyl (C=O) groups is 1. The molecule has 3 aromatic rings. The van der Waals surface area contributed by atoms with E-state index < -0.39 is 0 Å². The molecule has 2 heterocycles. The number of benzene rings is 1. The maximum atomic E-state index is 12.9. The van der Waals surface area contributed by atoms with Crippen molar-refractivity contribution < 1.29 is 4.79 Å². The molecule has 0 unspecified atom stereocenters. The summed E-state index contributed by atoms with van der Waals surface area (Å²) in [6, 6.07) is 13.4. The van der Waals surface area contributed by atoms with Gasteiger partial charge in [-0.25, -0.2) is 9.97 Å². The standard InChI is InChI=1S/C20H21N5O/c1-3-25(17-6-4-5-15(2)11-17)20(26)18-12-19(24-14-23-18)22-13-16-7-9-21-10-8-16/h4-12,14H,3,13H2,1-2H3,(H,22,23,24). The molecule has 0 saturated heterocycles. The molecule has 0 aliphatic rings. The van der Waals surface area contributed by atoms with Crippen LogP contribution < -0.4 is 10.2 Å². The number of hydrogen-bond acceptors (Lipinski definition) is 5. The van der Waals surface area contributed by atoms with Gasteiger partial charge in [-0.05, 0) is 49.2 Å². The van der Waals surface area contributed by atoms with Crippen LogP contribution in [0.4, 0.5) is 11.5 Å². The third-order valence-corrected chi connectivity index (χ3v) is 3.98. The number of nitrogens with zero attached hydrogens (tertiary/aromatic N) is 4. The first kappa shape index (κ1) is 17.5. The Hall–Kier alpha value is -3.28. The molecule has 132 valence electrons. The number of rotatable bonds is 6. The zero-order valence-corrected chi connectivity index (χ0v) is 14.9. The quantitative estimate of drug-likeness (QED) is 0.739. The van der Waals surface area contributed by atoms with Gasteiger partial charge in [-0.2, -0.15) is 0 Å².